The fourth-order valence-electron chi connectivity index (χ4n) is 3.43. The average molecular weight is 430 g/mol. The lowest BCUT2D eigenvalue weighted by molar-refractivity contribution is -0.135. The fourth-order valence-corrected chi connectivity index (χ4v) is 3.43. The van der Waals surface area contributed by atoms with Crippen molar-refractivity contribution in [3.05, 3.63) is 53.6 Å². The van der Waals surface area contributed by atoms with E-state index < -0.39 is 18.4 Å². The molecular formula is C21H23FN4O5. The first-order valence-corrected chi connectivity index (χ1v) is 9.79. The molecule has 164 valence electrons. The number of aromatic hydroxyl groups is 1. The number of anilines is 1. The predicted molar refractivity (Wildman–Crippen MR) is 109 cm³/mol. The highest BCUT2D eigenvalue weighted by molar-refractivity contribution is 5.96. The van der Waals surface area contributed by atoms with E-state index in [0.29, 0.717) is 31.6 Å². The van der Waals surface area contributed by atoms with Crippen molar-refractivity contribution >= 4 is 23.5 Å². The molecule has 0 unspecified atom stereocenters. The van der Waals surface area contributed by atoms with Gasteiger partial charge in [-0.15, -0.1) is 0 Å². The molecule has 1 aromatic carbocycles. The fraction of sp³-hybridized carbons (Fsp3) is 0.333. The van der Waals surface area contributed by atoms with Crippen LogP contribution in [0.25, 0.3) is 0 Å². The van der Waals surface area contributed by atoms with Crippen LogP contribution in [0.4, 0.5) is 10.1 Å². The quantitative estimate of drug-likeness (QED) is 0.524. The summed E-state index contributed by atoms with van der Waals surface area (Å²) in [5.74, 6) is -2.60. The number of carbonyl (C=O) groups excluding carboxylic acids is 2. The maximum Gasteiger partial charge on any atom is 0.322 e. The predicted octanol–water partition coefficient (Wildman–Crippen LogP) is 1.56. The molecule has 0 bridgehead atoms. The number of nitrogens with one attached hydrogen (secondary N) is 2. The Hall–Kier alpha value is -3.69. The second-order valence-electron chi connectivity index (χ2n) is 7.23. The number of hydrogen-bond acceptors (Lipinski definition) is 6. The maximum atomic E-state index is 12.9. The average Bonchev–Trinajstić information content (AvgIpc) is 2.77. The molecule has 10 heteroatoms. The highest BCUT2D eigenvalue weighted by Crippen LogP contribution is 2.30. The Morgan fingerprint density at radius 3 is 2.42 bits per heavy atom. The largest absolute Gasteiger partial charge is 0.505 e. The summed E-state index contributed by atoms with van der Waals surface area (Å²) >= 11 is 0. The molecule has 1 aliphatic rings. The number of aromatic nitrogens is 1. The first kappa shape index (κ1) is 22.0. The van der Waals surface area contributed by atoms with Crippen LogP contribution in [-0.4, -0.2) is 64.1 Å². The van der Waals surface area contributed by atoms with E-state index in [9.17, 15) is 23.9 Å². The van der Waals surface area contributed by atoms with E-state index in [1.807, 2.05) is 0 Å². The van der Waals surface area contributed by atoms with E-state index in [1.54, 1.807) is 17.0 Å². The molecule has 3 rings (SSSR count). The van der Waals surface area contributed by atoms with Crippen LogP contribution in [0.3, 0.4) is 0 Å². The van der Waals surface area contributed by atoms with Gasteiger partial charge in [0.25, 0.3) is 5.91 Å². The number of amides is 2. The molecule has 0 saturated carbocycles. The monoisotopic (exact) mass is 430 g/mol. The van der Waals surface area contributed by atoms with Gasteiger partial charge in [-0.25, -0.2) is 9.37 Å². The summed E-state index contributed by atoms with van der Waals surface area (Å²) < 4.78 is 12.9. The van der Waals surface area contributed by atoms with Gasteiger partial charge < -0.3 is 25.7 Å². The molecule has 9 nitrogen and oxygen atoms in total. The molecule has 4 N–H and O–H groups in total. The molecule has 1 aliphatic heterocycles. The molecule has 1 fully saturated rings. The van der Waals surface area contributed by atoms with Crippen LogP contribution in [-0.2, 0) is 9.59 Å². The Kier molecular flexibility index (Phi) is 7.01. The van der Waals surface area contributed by atoms with Gasteiger partial charge in [-0.05, 0) is 54.7 Å². The second-order valence-corrected chi connectivity index (χ2v) is 7.23. The van der Waals surface area contributed by atoms with Crippen molar-refractivity contribution in [2.75, 3.05) is 31.5 Å². The number of likely N-dealkylation sites (tertiary alicyclic amines) is 1. The van der Waals surface area contributed by atoms with Gasteiger partial charge in [-0.3, -0.25) is 14.4 Å². The van der Waals surface area contributed by atoms with Crippen LogP contribution in [0, 0.1) is 5.82 Å². The number of carboxylic acids is 1. The number of hydrogen-bond donors (Lipinski definition) is 4. The Morgan fingerprint density at radius 2 is 1.81 bits per heavy atom. The third kappa shape index (κ3) is 5.91. The minimum absolute atomic E-state index is 0.0609. The smallest absolute Gasteiger partial charge is 0.322 e. The van der Waals surface area contributed by atoms with Crippen molar-refractivity contribution in [3.8, 4) is 5.75 Å². The summed E-state index contributed by atoms with van der Waals surface area (Å²) in [4.78, 5) is 40.6. The van der Waals surface area contributed by atoms with Gasteiger partial charge in [0.1, 0.15) is 18.1 Å². The maximum absolute atomic E-state index is 12.9. The minimum Gasteiger partial charge on any atom is -0.505 e. The zero-order chi connectivity index (χ0) is 22.4. The highest BCUT2D eigenvalue weighted by Gasteiger charge is 2.25. The molecule has 0 radical (unpaired) electrons. The SMILES string of the molecule is O=C(O)CNC(=O)c1ncc(C2CCN(C(=O)CNc3ccc(F)cc3)CC2)cc1O. The van der Waals surface area contributed by atoms with Crippen molar-refractivity contribution in [1.82, 2.24) is 15.2 Å². The normalized spacial score (nSPS) is 14.2. The van der Waals surface area contributed by atoms with Crippen molar-refractivity contribution in [2.45, 2.75) is 18.8 Å². The van der Waals surface area contributed by atoms with E-state index >= 15 is 0 Å². The minimum atomic E-state index is -1.20. The van der Waals surface area contributed by atoms with E-state index in [1.165, 1.54) is 24.4 Å². The first-order valence-electron chi connectivity index (χ1n) is 9.79. The molecule has 2 aromatic rings. The van der Waals surface area contributed by atoms with Crippen molar-refractivity contribution in [2.24, 2.45) is 0 Å². The molecule has 0 aliphatic carbocycles. The number of nitrogens with zero attached hydrogens (tertiary/aromatic N) is 2. The van der Waals surface area contributed by atoms with Crippen LogP contribution in [0.2, 0.25) is 0 Å². The van der Waals surface area contributed by atoms with E-state index in [0.717, 1.165) is 5.56 Å². The topological polar surface area (TPSA) is 132 Å². The van der Waals surface area contributed by atoms with Crippen LogP contribution in [0.1, 0.15) is 34.8 Å². The lowest BCUT2D eigenvalue weighted by Gasteiger charge is -2.32. The Balaban J connectivity index is 1.51. The number of aliphatic carboxylic acids is 1. The summed E-state index contributed by atoms with van der Waals surface area (Å²) in [5, 5.41) is 23.9. The standard InChI is InChI=1S/C21H23FN4O5/c22-15-1-3-16(4-2-15)23-11-18(28)26-7-5-13(6-8-26)14-9-17(27)20(24-10-14)21(31)25-12-19(29)30/h1-4,9-10,13,23,27H,5-8,11-12H2,(H,25,31)(H,29,30). The van der Waals surface area contributed by atoms with Crippen molar-refractivity contribution < 1.29 is 29.0 Å². The number of rotatable bonds is 7. The molecule has 31 heavy (non-hydrogen) atoms. The van der Waals surface area contributed by atoms with Gasteiger partial charge in [0, 0.05) is 25.0 Å². The van der Waals surface area contributed by atoms with E-state index in [-0.39, 0.29) is 35.6 Å². The number of halogens is 1. The zero-order valence-corrected chi connectivity index (χ0v) is 16.7. The number of benzene rings is 1. The molecule has 2 heterocycles. The molecule has 2 amide bonds. The third-order valence-electron chi connectivity index (χ3n) is 5.11. The third-order valence-corrected chi connectivity index (χ3v) is 5.11. The van der Waals surface area contributed by atoms with Crippen LogP contribution >= 0.6 is 0 Å². The molecule has 1 saturated heterocycles. The van der Waals surface area contributed by atoms with Crippen LogP contribution in [0.5, 0.6) is 5.75 Å². The molecule has 0 spiro atoms. The van der Waals surface area contributed by atoms with Gasteiger partial charge in [-0.1, -0.05) is 0 Å². The van der Waals surface area contributed by atoms with E-state index in [4.69, 9.17) is 5.11 Å². The van der Waals surface area contributed by atoms with Crippen molar-refractivity contribution in [3.63, 3.8) is 0 Å². The summed E-state index contributed by atoms with van der Waals surface area (Å²) in [6, 6.07) is 7.24. The van der Waals surface area contributed by atoms with Gasteiger partial charge >= 0.3 is 5.97 Å². The Labute approximate surface area is 177 Å². The van der Waals surface area contributed by atoms with Crippen LogP contribution < -0.4 is 10.6 Å². The highest BCUT2D eigenvalue weighted by atomic mass is 19.1. The van der Waals surface area contributed by atoms with Gasteiger partial charge in [0.15, 0.2) is 5.69 Å². The van der Waals surface area contributed by atoms with E-state index in [2.05, 4.69) is 15.6 Å². The van der Waals surface area contributed by atoms with Crippen LogP contribution in [0.15, 0.2) is 36.5 Å². The second kappa shape index (κ2) is 9.88. The number of piperidine rings is 1. The lowest BCUT2D eigenvalue weighted by atomic mass is 9.90. The van der Waals surface area contributed by atoms with Crippen molar-refractivity contribution in [1.29, 1.82) is 0 Å². The van der Waals surface area contributed by atoms with Gasteiger partial charge in [0.05, 0.1) is 6.54 Å². The number of carbonyl (C=O) groups is 3. The first-order chi connectivity index (χ1) is 14.8. The molecular weight excluding hydrogens is 407 g/mol. The molecule has 0 atom stereocenters. The van der Waals surface area contributed by atoms with Gasteiger partial charge in [-0.2, -0.15) is 0 Å². The summed E-state index contributed by atoms with van der Waals surface area (Å²) in [6.45, 7) is 0.620. The summed E-state index contributed by atoms with van der Waals surface area (Å²) in [7, 11) is 0. The zero-order valence-electron chi connectivity index (χ0n) is 16.7. The Bertz CT molecular complexity index is 959. The summed E-state index contributed by atoms with van der Waals surface area (Å²) in [5.41, 5.74) is 1.19. The van der Waals surface area contributed by atoms with Gasteiger partial charge in [0.2, 0.25) is 5.91 Å². The molecule has 1 aromatic heterocycles. The number of carboxylic acid groups (broad SMARTS) is 1. The Morgan fingerprint density at radius 1 is 1.13 bits per heavy atom. The lowest BCUT2D eigenvalue weighted by Crippen LogP contribution is -2.41. The summed E-state index contributed by atoms with van der Waals surface area (Å²) in [6.07, 6.45) is 2.84. The number of pyridine rings is 1.